The zero-order chi connectivity index (χ0) is 14.1. The van der Waals surface area contributed by atoms with Crippen molar-refractivity contribution in [2.75, 3.05) is 5.32 Å². The van der Waals surface area contributed by atoms with E-state index in [9.17, 15) is 9.50 Å². The van der Waals surface area contributed by atoms with E-state index in [4.69, 9.17) is 0 Å². The number of aromatic nitrogens is 2. The van der Waals surface area contributed by atoms with Crippen LogP contribution in [0.5, 0.6) is 5.75 Å². The summed E-state index contributed by atoms with van der Waals surface area (Å²) in [5.41, 5.74) is 2.32. The molecule has 1 atom stereocenters. The summed E-state index contributed by atoms with van der Waals surface area (Å²) in [6.07, 6.45) is 1.75. The molecule has 0 amide bonds. The van der Waals surface area contributed by atoms with Crippen molar-refractivity contribution in [3.8, 4) is 5.75 Å². The molecule has 0 aliphatic rings. The lowest BCUT2D eigenvalue weighted by molar-refractivity contribution is 0.462. The summed E-state index contributed by atoms with van der Waals surface area (Å²) < 4.78 is 13.3. The Morgan fingerprint density at radius 3 is 2.95 bits per heavy atom. The number of nitrogens with one attached hydrogen (secondary N) is 2. The highest BCUT2D eigenvalue weighted by Crippen LogP contribution is 2.28. The summed E-state index contributed by atoms with van der Waals surface area (Å²) in [4.78, 5) is 0. The minimum atomic E-state index is -0.365. The number of aromatic hydroxyl groups is 1. The molecule has 0 aliphatic carbocycles. The van der Waals surface area contributed by atoms with E-state index < -0.39 is 0 Å². The summed E-state index contributed by atoms with van der Waals surface area (Å²) in [7, 11) is 0. The van der Waals surface area contributed by atoms with Gasteiger partial charge in [0, 0.05) is 16.6 Å². The van der Waals surface area contributed by atoms with E-state index in [2.05, 4.69) is 15.5 Å². The van der Waals surface area contributed by atoms with E-state index >= 15 is 0 Å². The van der Waals surface area contributed by atoms with Gasteiger partial charge >= 0.3 is 0 Å². The van der Waals surface area contributed by atoms with Crippen LogP contribution in [-0.2, 0) is 0 Å². The number of fused-ring (bicyclic) bond motifs is 1. The monoisotopic (exact) mass is 271 g/mol. The van der Waals surface area contributed by atoms with Crippen LogP contribution >= 0.6 is 0 Å². The summed E-state index contributed by atoms with van der Waals surface area (Å²) in [5, 5.41) is 20.9. The average molecular weight is 271 g/mol. The molecule has 1 aromatic heterocycles. The largest absolute Gasteiger partial charge is 0.508 e. The van der Waals surface area contributed by atoms with Crippen molar-refractivity contribution in [1.29, 1.82) is 0 Å². The van der Waals surface area contributed by atoms with Gasteiger partial charge in [0.05, 0.1) is 17.8 Å². The van der Waals surface area contributed by atoms with Crippen molar-refractivity contribution in [2.45, 2.75) is 13.0 Å². The Balaban J connectivity index is 1.87. The Morgan fingerprint density at radius 2 is 2.10 bits per heavy atom. The number of hydrogen-bond donors (Lipinski definition) is 3. The van der Waals surface area contributed by atoms with Crippen molar-refractivity contribution < 1.29 is 9.50 Å². The van der Waals surface area contributed by atoms with Crippen LogP contribution in [0, 0.1) is 5.82 Å². The van der Waals surface area contributed by atoms with E-state index in [1.165, 1.54) is 18.2 Å². The first-order chi connectivity index (χ1) is 9.63. The van der Waals surface area contributed by atoms with Crippen LogP contribution < -0.4 is 5.32 Å². The summed E-state index contributed by atoms with van der Waals surface area (Å²) >= 11 is 0. The van der Waals surface area contributed by atoms with Crippen LogP contribution in [0.2, 0.25) is 0 Å². The zero-order valence-electron chi connectivity index (χ0n) is 10.9. The molecule has 0 fully saturated rings. The van der Waals surface area contributed by atoms with Gasteiger partial charge in [-0.1, -0.05) is 0 Å². The number of anilines is 1. The number of phenolic OH excluding ortho intramolecular Hbond substituents is 1. The average Bonchev–Trinajstić information content (AvgIpc) is 2.89. The normalized spacial score (nSPS) is 12.5. The molecule has 5 heteroatoms. The smallest absolute Gasteiger partial charge is 0.123 e. The molecule has 0 saturated heterocycles. The van der Waals surface area contributed by atoms with E-state index in [0.717, 1.165) is 16.6 Å². The number of nitrogens with zero attached hydrogens (tertiary/aromatic N) is 1. The molecule has 3 aromatic rings. The Hall–Kier alpha value is -2.56. The molecule has 102 valence electrons. The SMILES string of the molecule is CC(Nc1ccc2cn[nH]c2c1)c1cc(F)ccc1O. The van der Waals surface area contributed by atoms with Crippen molar-refractivity contribution in [3.63, 3.8) is 0 Å². The summed E-state index contributed by atoms with van der Waals surface area (Å²) in [6.45, 7) is 1.87. The fourth-order valence-corrected chi connectivity index (χ4v) is 2.23. The summed E-state index contributed by atoms with van der Waals surface area (Å²) in [5.74, 6) is -0.288. The third kappa shape index (κ3) is 2.30. The second kappa shape index (κ2) is 4.85. The molecule has 0 radical (unpaired) electrons. The quantitative estimate of drug-likeness (QED) is 0.682. The third-order valence-corrected chi connectivity index (χ3v) is 3.28. The van der Waals surface area contributed by atoms with Crippen molar-refractivity contribution in [2.24, 2.45) is 0 Å². The second-order valence-electron chi connectivity index (χ2n) is 4.74. The van der Waals surface area contributed by atoms with Gasteiger partial charge in [0.25, 0.3) is 0 Å². The van der Waals surface area contributed by atoms with Crippen LogP contribution in [0.1, 0.15) is 18.5 Å². The maximum atomic E-state index is 13.3. The number of benzene rings is 2. The molecule has 1 unspecified atom stereocenters. The van der Waals surface area contributed by atoms with Gasteiger partial charge < -0.3 is 10.4 Å². The van der Waals surface area contributed by atoms with Crippen LogP contribution in [0.25, 0.3) is 10.9 Å². The Labute approximate surface area is 115 Å². The molecule has 0 saturated carbocycles. The van der Waals surface area contributed by atoms with Crippen LogP contribution in [0.15, 0.2) is 42.6 Å². The van der Waals surface area contributed by atoms with Gasteiger partial charge in [0.1, 0.15) is 11.6 Å². The maximum absolute atomic E-state index is 13.3. The molecule has 4 nitrogen and oxygen atoms in total. The first kappa shape index (κ1) is 12.5. The lowest BCUT2D eigenvalue weighted by atomic mass is 10.1. The van der Waals surface area contributed by atoms with Gasteiger partial charge in [0.15, 0.2) is 0 Å². The minimum absolute atomic E-state index is 0.0778. The number of phenols is 1. The number of hydrogen-bond acceptors (Lipinski definition) is 3. The Morgan fingerprint density at radius 1 is 1.25 bits per heavy atom. The molecule has 0 spiro atoms. The molecule has 3 rings (SSSR count). The van der Waals surface area contributed by atoms with Gasteiger partial charge in [-0.2, -0.15) is 5.10 Å². The first-order valence-electron chi connectivity index (χ1n) is 6.31. The van der Waals surface area contributed by atoms with Gasteiger partial charge in [-0.3, -0.25) is 5.10 Å². The fraction of sp³-hybridized carbons (Fsp3) is 0.133. The minimum Gasteiger partial charge on any atom is -0.508 e. The van der Waals surface area contributed by atoms with Crippen LogP contribution in [0.4, 0.5) is 10.1 Å². The van der Waals surface area contributed by atoms with Crippen molar-refractivity contribution in [3.05, 3.63) is 54.0 Å². The highest BCUT2D eigenvalue weighted by atomic mass is 19.1. The van der Waals surface area contributed by atoms with Crippen molar-refractivity contribution >= 4 is 16.6 Å². The van der Waals surface area contributed by atoms with E-state index in [1.54, 1.807) is 6.20 Å². The molecule has 20 heavy (non-hydrogen) atoms. The summed E-state index contributed by atoms with van der Waals surface area (Å²) in [6, 6.07) is 9.51. The Kier molecular flexibility index (Phi) is 3.02. The van der Waals surface area contributed by atoms with Gasteiger partial charge in [-0.25, -0.2) is 4.39 Å². The molecular formula is C15H14FN3O. The number of halogens is 1. The van der Waals surface area contributed by atoms with Gasteiger partial charge in [0.2, 0.25) is 0 Å². The lowest BCUT2D eigenvalue weighted by Gasteiger charge is -2.17. The molecule has 3 N–H and O–H groups in total. The van der Waals surface area contributed by atoms with Crippen molar-refractivity contribution in [1.82, 2.24) is 10.2 Å². The third-order valence-electron chi connectivity index (χ3n) is 3.28. The molecular weight excluding hydrogens is 257 g/mol. The molecule has 0 aliphatic heterocycles. The van der Waals surface area contributed by atoms with E-state index in [-0.39, 0.29) is 17.6 Å². The Bertz CT molecular complexity index is 754. The lowest BCUT2D eigenvalue weighted by Crippen LogP contribution is -2.07. The zero-order valence-corrected chi connectivity index (χ0v) is 10.9. The highest BCUT2D eigenvalue weighted by molar-refractivity contribution is 5.81. The highest BCUT2D eigenvalue weighted by Gasteiger charge is 2.11. The number of rotatable bonds is 3. The number of H-pyrrole nitrogens is 1. The predicted molar refractivity (Wildman–Crippen MR) is 76.2 cm³/mol. The first-order valence-corrected chi connectivity index (χ1v) is 6.31. The van der Waals surface area contributed by atoms with E-state index in [1.807, 2.05) is 25.1 Å². The van der Waals surface area contributed by atoms with Gasteiger partial charge in [-0.05, 0) is 43.3 Å². The van der Waals surface area contributed by atoms with Gasteiger partial charge in [-0.15, -0.1) is 0 Å². The van der Waals surface area contributed by atoms with Crippen LogP contribution in [0.3, 0.4) is 0 Å². The maximum Gasteiger partial charge on any atom is 0.123 e. The molecule has 0 bridgehead atoms. The molecule has 1 heterocycles. The van der Waals surface area contributed by atoms with E-state index in [0.29, 0.717) is 5.56 Å². The fourth-order valence-electron chi connectivity index (χ4n) is 2.23. The second-order valence-corrected chi connectivity index (χ2v) is 4.74. The molecule has 2 aromatic carbocycles. The topological polar surface area (TPSA) is 60.9 Å². The predicted octanol–water partition coefficient (Wildman–Crippen LogP) is 3.58. The standard InChI is InChI=1S/C15H14FN3O/c1-9(13-6-11(16)3-5-15(13)20)18-12-4-2-10-8-17-19-14(10)7-12/h2-9,18,20H,1H3,(H,17,19). The number of aromatic amines is 1. The van der Waals surface area contributed by atoms with Crippen LogP contribution in [-0.4, -0.2) is 15.3 Å².